The van der Waals surface area contributed by atoms with E-state index in [-0.39, 0.29) is 24.1 Å². The molecule has 0 unspecified atom stereocenters. The minimum atomic E-state index is -4.70. The van der Waals surface area contributed by atoms with Crippen molar-refractivity contribution in [2.45, 2.75) is 31.3 Å². The number of alkyl halides is 3. The molecule has 2 atom stereocenters. The predicted molar refractivity (Wildman–Crippen MR) is 66.0 cm³/mol. The van der Waals surface area contributed by atoms with Gasteiger partial charge in [-0.05, 0) is 36.5 Å². The Morgan fingerprint density at radius 2 is 1.74 bits per heavy atom. The van der Waals surface area contributed by atoms with E-state index in [1.165, 1.54) is 24.3 Å². The molecule has 0 aromatic heterocycles. The van der Waals surface area contributed by atoms with Gasteiger partial charge in [0.25, 0.3) is 0 Å². The van der Waals surface area contributed by atoms with Crippen molar-refractivity contribution in [3.05, 3.63) is 29.8 Å². The van der Waals surface area contributed by atoms with Crippen LogP contribution in [0.15, 0.2) is 24.3 Å². The molecule has 0 aliphatic heterocycles. The first-order valence-electron chi connectivity index (χ1n) is 5.66. The molecule has 7 heteroatoms. The van der Waals surface area contributed by atoms with Gasteiger partial charge in [-0.1, -0.05) is 12.1 Å². The Bertz CT molecular complexity index is 406. The first-order valence-corrected chi connectivity index (χ1v) is 5.66. The second kappa shape index (κ2) is 5.98. The van der Waals surface area contributed by atoms with E-state index in [0.717, 1.165) is 12.8 Å². The zero-order valence-corrected chi connectivity index (χ0v) is 10.7. The van der Waals surface area contributed by atoms with Crippen LogP contribution in [0.25, 0.3) is 0 Å². The smallest absolute Gasteiger partial charge is 0.406 e. The number of aliphatic hydroxyl groups is 1. The van der Waals surface area contributed by atoms with Gasteiger partial charge in [0.05, 0.1) is 12.1 Å². The number of hydrogen-bond acceptors (Lipinski definition) is 3. The third-order valence-corrected chi connectivity index (χ3v) is 2.97. The van der Waals surface area contributed by atoms with Gasteiger partial charge in [-0.25, -0.2) is 0 Å². The highest BCUT2D eigenvalue weighted by atomic mass is 35.5. The van der Waals surface area contributed by atoms with Crippen LogP contribution >= 0.6 is 12.4 Å². The maximum absolute atomic E-state index is 12.0. The predicted octanol–water partition coefficient (Wildman–Crippen LogP) is 2.78. The van der Waals surface area contributed by atoms with E-state index in [2.05, 4.69) is 4.74 Å². The van der Waals surface area contributed by atoms with Crippen LogP contribution in [0.4, 0.5) is 13.2 Å². The van der Waals surface area contributed by atoms with Gasteiger partial charge in [0.2, 0.25) is 0 Å². The summed E-state index contributed by atoms with van der Waals surface area (Å²) in [7, 11) is 0. The van der Waals surface area contributed by atoms with Gasteiger partial charge < -0.3 is 15.6 Å². The Kier molecular flexibility index (Phi) is 5.06. The molecule has 1 aliphatic rings. The summed E-state index contributed by atoms with van der Waals surface area (Å²) in [5.41, 5.74) is 6.44. The SMILES string of the molecule is Cl.N[C@H](c1ccc(OC(F)(F)F)cc1)[C@@H](O)C1CC1. The van der Waals surface area contributed by atoms with E-state index < -0.39 is 18.5 Å². The van der Waals surface area contributed by atoms with Crippen molar-refractivity contribution < 1.29 is 23.0 Å². The lowest BCUT2D eigenvalue weighted by Crippen LogP contribution is -2.27. The number of rotatable bonds is 4. The molecule has 1 aliphatic carbocycles. The highest BCUT2D eigenvalue weighted by molar-refractivity contribution is 5.85. The fourth-order valence-corrected chi connectivity index (χ4v) is 1.82. The summed E-state index contributed by atoms with van der Waals surface area (Å²) in [5.74, 6) is -0.0783. The second-order valence-electron chi connectivity index (χ2n) is 4.47. The zero-order valence-electron chi connectivity index (χ0n) is 9.93. The normalized spacial score (nSPS) is 18.4. The van der Waals surface area contributed by atoms with E-state index in [1.54, 1.807) is 0 Å². The van der Waals surface area contributed by atoms with Crippen molar-refractivity contribution in [3.8, 4) is 5.75 Å². The van der Waals surface area contributed by atoms with E-state index in [9.17, 15) is 18.3 Å². The lowest BCUT2D eigenvalue weighted by atomic mass is 9.99. The number of ether oxygens (including phenoxy) is 1. The highest BCUT2D eigenvalue weighted by Crippen LogP contribution is 2.37. The Labute approximate surface area is 115 Å². The summed E-state index contributed by atoms with van der Waals surface area (Å²) in [4.78, 5) is 0. The largest absolute Gasteiger partial charge is 0.573 e. The number of hydrogen-bond donors (Lipinski definition) is 2. The molecule has 0 saturated heterocycles. The van der Waals surface area contributed by atoms with Gasteiger partial charge in [0.1, 0.15) is 5.75 Å². The minimum Gasteiger partial charge on any atom is -0.406 e. The van der Waals surface area contributed by atoms with Crippen LogP contribution in [0.1, 0.15) is 24.4 Å². The quantitative estimate of drug-likeness (QED) is 0.898. The number of nitrogens with two attached hydrogens (primary N) is 1. The van der Waals surface area contributed by atoms with Crippen molar-refractivity contribution in [2.24, 2.45) is 11.7 Å². The molecule has 1 aromatic rings. The van der Waals surface area contributed by atoms with E-state index in [0.29, 0.717) is 5.56 Å². The first-order chi connectivity index (χ1) is 8.37. The van der Waals surface area contributed by atoms with Gasteiger partial charge >= 0.3 is 6.36 Å². The summed E-state index contributed by atoms with van der Waals surface area (Å²) in [6.45, 7) is 0. The van der Waals surface area contributed by atoms with Crippen molar-refractivity contribution in [3.63, 3.8) is 0 Å². The van der Waals surface area contributed by atoms with Crippen LogP contribution in [0.3, 0.4) is 0 Å². The van der Waals surface area contributed by atoms with Crippen molar-refractivity contribution >= 4 is 12.4 Å². The van der Waals surface area contributed by atoms with Crippen LogP contribution in [-0.4, -0.2) is 17.6 Å². The Hall–Kier alpha value is -0.980. The lowest BCUT2D eigenvalue weighted by Gasteiger charge is -2.19. The van der Waals surface area contributed by atoms with Gasteiger partial charge in [-0.3, -0.25) is 0 Å². The molecule has 0 bridgehead atoms. The molecule has 3 nitrogen and oxygen atoms in total. The molecule has 1 aromatic carbocycles. The van der Waals surface area contributed by atoms with Gasteiger partial charge in [-0.15, -0.1) is 25.6 Å². The molecule has 108 valence electrons. The number of benzene rings is 1. The Morgan fingerprint density at radius 3 is 2.16 bits per heavy atom. The monoisotopic (exact) mass is 297 g/mol. The van der Waals surface area contributed by atoms with Crippen LogP contribution < -0.4 is 10.5 Å². The number of halogens is 4. The zero-order chi connectivity index (χ0) is 13.3. The minimum absolute atomic E-state index is 0. The van der Waals surface area contributed by atoms with Crippen molar-refractivity contribution in [2.75, 3.05) is 0 Å². The van der Waals surface area contributed by atoms with E-state index in [1.807, 2.05) is 0 Å². The molecule has 0 amide bonds. The topological polar surface area (TPSA) is 55.5 Å². The second-order valence-corrected chi connectivity index (χ2v) is 4.47. The maximum atomic E-state index is 12.0. The van der Waals surface area contributed by atoms with Crippen molar-refractivity contribution in [1.82, 2.24) is 0 Å². The van der Waals surface area contributed by atoms with Crippen LogP contribution in [-0.2, 0) is 0 Å². The molecule has 19 heavy (non-hydrogen) atoms. The molecular weight excluding hydrogens is 283 g/mol. The molecule has 0 spiro atoms. The summed E-state index contributed by atoms with van der Waals surface area (Å²) in [5, 5.41) is 9.83. The molecule has 0 radical (unpaired) electrons. The summed E-state index contributed by atoms with van der Waals surface area (Å²) < 4.78 is 39.6. The summed E-state index contributed by atoms with van der Waals surface area (Å²) >= 11 is 0. The Morgan fingerprint density at radius 1 is 1.21 bits per heavy atom. The van der Waals surface area contributed by atoms with Crippen molar-refractivity contribution in [1.29, 1.82) is 0 Å². The third kappa shape index (κ3) is 4.56. The van der Waals surface area contributed by atoms with Crippen LogP contribution in [0.2, 0.25) is 0 Å². The molecule has 1 fully saturated rings. The van der Waals surface area contributed by atoms with Gasteiger partial charge in [0, 0.05) is 0 Å². The number of aliphatic hydroxyl groups excluding tert-OH is 1. The molecule has 0 heterocycles. The molecular formula is C12H15ClF3NO2. The van der Waals surface area contributed by atoms with Crippen LogP contribution in [0.5, 0.6) is 5.75 Å². The third-order valence-electron chi connectivity index (χ3n) is 2.97. The Balaban J connectivity index is 0.00000180. The summed E-state index contributed by atoms with van der Waals surface area (Å²) in [6, 6.07) is 4.71. The van der Waals surface area contributed by atoms with Gasteiger partial charge in [0.15, 0.2) is 0 Å². The van der Waals surface area contributed by atoms with E-state index >= 15 is 0 Å². The maximum Gasteiger partial charge on any atom is 0.573 e. The summed E-state index contributed by atoms with van der Waals surface area (Å²) in [6.07, 6.45) is -3.44. The standard InChI is InChI=1S/C12H14F3NO2.ClH/c13-12(14,15)18-9-5-3-7(4-6-9)10(16)11(17)8-1-2-8;/h3-6,8,10-11,17H,1-2,16H2;1H/t10-,11+;/m1./s1. The van der Waals surface area contributed by atoms with Gasteiger partial charge in [-0.2, -0.15) is 0 Å². The average Bonchev–Trinajstić information content (AvgIpc) is 3.10. The molecule has 3 N–H and O–H groups in total. The average molecular weight is 298 g/mol. The first kappa shape index (κ1) is 16.1. The molecule has 2 rings (SSSR count). The molecule has 1 saturated carbocycles. The van der Waals surface area contributed by atoms with E-state index in [4.69, 9.17) is 5.73 Å². The fraction of sp³-hybridized carbons (Fsp3) is 0.500. The fourth-order valence-electron chi connectivity index (χ4n) is 1.82. The van der Waals surface area contributed by atoms with Crippen LogP contribution in [0, 0.1) is 5.92 Å². The highest BCUT2D eigenvalue weighted by Gasteiger charge is 2.34. The lowest BCUT2D eigenvalue weighted by molar-refractivity contribution is -0.274.